The minimum Gasteiger partial charge on any atom is -0.304 e. The van der Waals surface area contributed by atoms with E-state index in [2.05, 4.69) is 0 Å². The predicted octanol–water partition coefficient (Wildman–Crippen LogP) is 6.44. The number of halogens is 3. The number of rotatable bonds is 5. The van der Waals surface area contributed by atoms with E-state index in [9.17, 15) is 18.0 Å². The average molecular weight is 419 g/mol. The maximum atomic E-state index is 14.0. The van der Waals surface area contributed by atoms with Gasteiger partial charge in [-0.1, -0.05) is 91.0 Å². The monoisotopic (exact) mass is 419 g/mol. The maximum Gasteiger partial charge on any atom is 0.431 e. The molecule has 2 nitrogen and oxygen atoms in total. The van der Waals surface area contributed by atoms with E-state index in [0.717, 1.165) is 16.2 Å². The third-order valence-corrected chi connectivity index (χ3v) is 5.20. The Labute approximate surface area is 178 Å². The zero-order chi connectivity index (χ0) is 21.8. The van der Waals surface area contributed by atoms with Gasteiger partial charge in [0, 0.05) is 6.54 Å². The molecule has 0 radical (unpaired) electrons. The molecule has 0 bridgehead atoms. The van der Waals surface area contributed by atoms with Crippen LogP contribution in [-0.2, 0) is 19.1 Å². The number of benzene rings is 3. The largest absolute Gasteiger partial charge is 0.431 e. The summed E-state index contributed by atoms with van der Waals surface area (Å²) >= 11 is 0. The molecule has 0 aliphatic heterocycles. The van der Waals surface area contributed by atoms with Crippen molar-refractivity contribution >= 4 is 0 Å². The molecule has 0 atom stereocenters. The van der Waals surface area contributed by atoms with Crippen LogP contribution >= 0.6 is 0 Å². The maximum absolute atomic E-state index is 14.0. The van der Waals surface area contributed by atoms with Crippen LogP contribution in [-0.4, -0.2) is 4.57 Å². The number of alkyl halides is 3. The number of nitrogens with zero attached hydrogens (tertiary/aromatic N) is 1. The topological polar surface area (TPSA) is 22.0 Å². The first-order valence-electron chi connectivity index (χ1n) is 9.95. The summed E-state index contributed by atoms with van der Waals surface area (Å²) in [6.45, 7) is -0.0629. The van der Waals surface area contributed by atoms with Gasteiger partial charge >= 0.3 is 6.18 Å². The highest BCUT2D eigenvalue weighted by Crippen LogP contribution is 2.36. The van der Waals surface area contributed by atoms with E-state index in [4.69, 9.17) is 0 Å². The molecular formula is C26H20F3NO. The molecule has 1 heterocycles. The van der Waals surface area contributed by atoms with Crippen LogP contribution in [0, 0.1) is 0 Å². The Balaban J connectivity index is 1.95. The Bertz CT molecular complexity index is 1210. The summed E-state index contributed by atoms with van der Waals surface area (Å²) in [7, 11) is 0. The van der Waals surface area contributed by atoms with E-state index in [1.54, 1.807) is 54.6 Å². The third kappa shape index (κ3) is 4.45. The lowest BCUT2D eigenvalue weighted by Gasteiger charge is -2.20. The lowest BCUT2D eigenvalue weighted by atomic mass is 9.94. The molecule has 156 valence electrons. The highest BCUT2D eigenvalue weighted by molar-refractivity contribution is 5.83. The van der Waals surface area contributed by atoms with Gasteiger partial charge in [0.25, 0.3) is 5.56 Å². The van der Waals surface area contributed by atoms with Crippen molar-refractivity contribution in [1.29, 1.82) is 0 Å². The minimum atomic E-state index is -4.66. The molecule has 0 unspecified atom stereocenters. The van der Waals surface area contributed by atoms with Gasteiger partial charge in [-0.05, 0) is 34.7 Å². The van der Waals surface area contributed by atoms with Crippen LogP contribution < -0.4 is 5.56 Å². The molecular weight excluding hydrogens is 399 g/mol. The summed E-state index contributed by atoms with van der Waals surface area (Å²) in [6, 6.07) is 27.9. The zero-order valence-electron chi connectivity index (χ0n) is 16.6. The second-order valence-corrected chi connectivity index (χ2v) is 7.24. The fourth-order valence-electron chi connectivity index (χ4n) is 3.72. The zero-order valence-corrected chi connectivity index (χ0v) is 16.6. The van der Waals surface area contributed by atoms with Gasteiger partial charge in [0.05, 0.1) is 5.56 Å². The molecule has 0 N–H and O–H groups in total. The standard InChI is InChI=1S/C26H20F3NO/c27-26(28,29)23-18-22(20-12-6-2-7-13-20)24(21-14-8-3-9-15-21)25(31)30(23)17-16-19-10-4-1-5-11-19/h1-15,18H,16-17H2. The normalized spacial score (nSPS) is 11.5. The fourth-order valence-corrected chi connectivity index (χ4v) is 3.72. The lowest BCUT2D eigenvalue weighted by Crippen LogP contribution is -2.30. The molecule has 31 heavy (non-hydrogen) atoms. The first-order valence-corrected chi connectivity index (χ1v) is 9.95. The van der Waals surface area contributed by atoms with Gasteiger partial charge in [-0.15, -0.1) is 0 Å². The predicted molar refractivity (Wildman–Crippen MR) is 117 cm³/mol. The van der Waals surface area contributed by atoms with Crippen LogP contribution in [0.4, 0.5) is 13.2 Å². The number of aryl methyl sites for hydroxylation is 1. The van der Waals surface area contributed by atoms with Gasteiger partial charge in [0.15, 0.2) is 0 Å². The van der Waals surface area contributed by atoms with Crippen LogP contribution in [0.2, 0.25) is 0 Å². The number of aromatic nitrogens is 1. The SMILES string of the molecule is O=c1c(-c2ccccc2)c(-c2ccccc2)cc(C(F)(F)F)n1CCc1ccccc1. The molecule has 4 aromatic rings. The number of pyridine rings is 1. The molecule has 0 saturated heterocycles. The van der Waals surface area contributed by atoms with Gasteiger partial charge in [0.1, 0.15) is 5.69 Å². The van der Waals surface area contributed by atoms with Crippen molar-refractivity contribution in [3.63, 3.8) is 0 Å². The first-order chi connectivity index (χ1) is 14.9. The number of hydrogen-bond acceptors (Lipinski definition) is 1. The van der Waals surface area contributed by atoms with Crippen molar-refractivity contribution in [3.8, 4) is 22.3 Å². The number of hydrogen-bond donors (Lipinski definition) is 0. The lowest BCUT2D eigenvalue weighted by molar-refractivity contribution is -0.144. The van der Waals surface area contributed by atoms with Crippen LogP contribution in [0.3, 0.4) is 0 Å². The van der Waals surface area contributed by atoms with Gasteiger partial charge < -0.3 is 4.57 Å². The van der Waals surface area contributed by atoms with E-state index < -0.39 is 17.4 Å². The Kier molecular flexibility index (Phi) is 5.76. The van der Waals surface area contributed by atoms with Crippen molar-refractivity contribution in [2.24, 2.45) is 0 Å². The summed E-state index contributed by atoms with van der Waals surface area (Å²) in [5, 5.41) is 0. The fraction of sp³-hybridized carbons (Fsp3) is 0.115. The second-order valence-electron chi connectivity index (χ2n) is 7.24. The van der Waals surface area contributed by atoms with Gasteiger partial charge in [-0.3, -0.25) is 4.79 Å². The highest BCUT2D eigenvalue weighted by atomic mass is 19.4. The molecule has 0 amide bonds. The van der Waals surface area contributed by atoms with Gasteiger partial charge in [0.2, 0.25) is 0 Å². The third-order valence-electron chi connectivity index (χ3n) is 5.20. The Morgan fingerprint density at radius 2 is 1.23 bits per heavy atom. The molecule has 3 aromatic carbocycles. The van der Waals surface area contributed by atoms with E-state index in [-0.39, 0.29) is 17.7 Å². The summed E-state index contributed by atoms with van der Waals surface area (Å²) in [6.07, 6.45) is -4.34. The highest BCUT2D eigenvalue weighted by Gasteiger charge is 2.36. The van der Waals surface area contributed by atoms with Crippen LogP contribution in [0.15, 0.2) is 102 Å². The van der Waals surface area contributed by atoms with Crippen molar-refractivity contribution in [2.75, 3.05) is 0 Å². The van der Waals surface area contributed by atoms with E-state index in [1.165, 1.54) is 0 Å². The van der Waals surface area contributed by atoms with Crippen LogP contribution in [0.5, 0.6) is 0 Å². The van der Waals surface area contributed by atoms with Gasteiger partial charge in [-0.2, -0.15) is 13.2 Å². The van der Waals surface area contributed by atoms with Crippen molar-refractivity contribution < 1.29 is 13.2 Å². The average Bonchev–Trinajstić information content (AvgIpc) is 2.79. The second kappa shape index (κ2) is 8.64. The Hall–Kier alpha value is -3.60. The summed E-state index contributed by atoms with van der Waals surface area (Å²) < 4.78 is 42.9. The summed E-state index contributed by atoms with van der Waals surface area (Å²) in [5.41, 5.74) is 0.999. The summed E-state index contributed by atoms with van der Waals surface area (Å²) in [5.74, 6) is 0. The molecule has 0 aliphatic rings. The quantitative estimate of drug-likeness (QED) is 0.365. The molecule has 4 rings (SSSR count). The van der Waals surface area contributed by atoms with E-state index in [1.807, 2.05) is 36.4 Å². The molecule has 0 aliphatic carbocycles. The van der Waals surface area contributed by atoms with Crippen molar-refractivity contribution in [3.05, 3.63) is 119 Å². The summed E-state index contributed by atoms with van der Waals surface area (Å²) in [4.78, 5) is 13.5. The molecule has 1 aromatic heterocycles. The minimum absolute atomic E-state index is 0.0629. The van der Waals surface area contributed by atoms with E-state index in [0.29, 0.717) is 17.5 Å². The molecule has 0 saturated carbocycles. The van der Waals surface area contributed by atoms with Gasteiger partial charge in [-0.25, -0.2) is 0 Å². The smallest absolute Gasteiger partial charge is 0.304 e. The first kappa shape index (κ1) is 20.7. The van der Waals surface area contributed by atoms with Crippen LogP contribution in [0.25, 0.3) is 22.3 Å². The van der Waals surface area contributed by atoms with Crippen LogP contribution in [0.1, 0.15) is 11.3 Å². The Morgan fingerprint density at radius 3 is 1.77 bits per heavy atom. The van der Waals surface area contributed by atoms with Crippen molar-refractivity contribution in [2.45, 2.75) is 19.1 Å². The molecule has 0 spiro atoms. The molecule has 0 fully saturated rings. The Morgan fingerprint density at radius 1 is 0.710 bits per heavy atom. The van der Waals surface area contributed by atoms with E-state index >= 15 is 0 Å². The van der Waals surface area contributed by atoms with Crippen molar-refractivity contribution in [1.82, 2.24) is 4.57 Å². The molecule has 5 heteroatoms.